The molecule has 0 aromatic heterocycles. The van der Waals surface area contributed by atoms with Gasteiger partial charge in [-0.15, -0.1) is 0 Å². The number of esters is 1. The van der Waals surface area contributed by atoms with E-state index in [9.17, 15) is 19.8 Å². The monoisotopic (exact) mass is 856 g/mol. The van der Waals surface area contributed by atoms with Crippen molar-refractivity contribution in [2.75, 3.05) is 13.2 Å². The van der Waals surface area contributed by atoms with Crippen LogP contribution in [0.5, 0.6) is 0 Å². The van der Waals surface area contributed by atoms with Gasteiger partial charge in [0.2, 0.25) is 5.91 Å². The van der Waals surface area contributed by atoms with Crippen LogP contribution in [0.4, 0.5) is 0 Å². The summed E-state index contributed by atoms with van der Waals surface area (Å²) in [5.74, 6) is -0.134. The number of amides is 1. The van der Waals surface area contributed by atoms with Gasteiger partial charge in [-0.25, -0.2) is 0 Å². The van der Waals surface area contributed by atoms with Gasteiger partial charge in [-0.2, -0.15) is 0 Å². The minimum atomic E-state index is -0.862. The van der Waals surface area contributed by atoms with Gasteiger partial charge in [0, 0.05) is 12.8 Å². The molecule has 0 aromatic rings. The summed E-state index contributed by atoms with van der Waals surface area (Å²) >= 11 is 0. The smallest absolute Gasteiger partial charge is 0.305 e. The molecule has 0 bridgehead atoms. The molecule has 1 amide bonds. The van der Waals surface area contributed by atoms with Crippen LogP contribution < -0.4 is 5.32 Å². The van der Waals surface area contributed by atoms with Crippen LogP contribution in [0.2, 0.25) is 0 Å². The minimum absolute atomic E-state index is 0.0390. The number of carbonyl (C=O) groups is 2. The summed E-state index contributed by atoms with van der Waals surface area (Å²) in [6.45, 7) is 4.80. The van der Waals surface area contributed by atoms with Gasteiger partial charge in [0.25, 0.3) is 0 Å². The molecule has 0 aliphatic heterocycles. The predicted molar refractivity (Wildman–Crippen MR) is 264 cm³/mol. The number of allylic oxidation sites excluding steroid dienone is 7. The third-order valence-electron chi connectivity index (χ3n) is 11.8. The van der Waals surface area contributed by atoms with E-state index in [2.05, 4.69) is 55.6 Å². The molecule has 0 radical (unpaired) electrons. The van der Waals surface area contributed by atoms with E-state index >= 15 is 0 Å². The SMILES string of the molecule is CCCCC/C=C\C/C=C\CCCCCCCC(=O)OCCCCC/C=C\CCCCCCCC(=O)NC(CO)C(O)/C=C/CCCCCCCCCCCCCCCCC. The second-order valence-electron chi connectivity index (χ2n) is 17.8. The van der Waals surface area contributed by atoms with Crippen LogP contribution in [0.3, 0.4) is 0 Å². The first kappa shape index (κ1) is 58.8. The standard InChI is InChI=1S/C55H101NO5/c1-3-5-7-9-11-13-15-17-19-20-22-23-27-31-35-39-43-47-53(58)52(51-57)56-54(59)48-44-40-36-32-28-25-26-30-34-38-42-46-50-61-55(60)49-45-41-37-33-29-24-21-18-16-14-12-10-8-6-4-2/h12,14,18,21,26,30,43,47,52-53,57-58H,3-11,13,15-17,19-20,22-25,27-29,31-42,44-46,48-51H2,1-2H3,(H,56,59)/b14-12-,21-18-,30-26-,47-43+. The third kappa shape index (κ3) is 47.1. The highest BCUT2D eigenvalue weighted by Crippen LogP contribution is 2.15. The van der Waals surface area contributed by atoms with Crippen LogP contribution in [0.1, 0.15) is 264 Å². The number of hydrogen-bond acceptors (Lipinski definition) is 5. The summed E-state index contributed by atoms with van der Waals surface area (Å²) in [6.07, 6.45) is 62.5. The zero-order chi connectivity index (χ0) is 44.4. The Labute approximate surface area is 378 Å². The van der Waals surface area contributed by atoms with E-state index in [0.29, 0.717) is 19.4 Å². The van der Waals surface area contributed by atoms with Crippen molar-refractivity contribution in [3.63, 3.8) is 0 Å². The molecular weight excluding hydrogens is 755 g/mol. The average Bonchev–Trinajstić information content (AvgIpc) is 3.26. The molecular formula is C55H101NO5. The molecule has 6 heteroatoms. The topological polar surface area (TPSA) is 95.9 Å². The third-order valence-corrected chi connectivity index (χ3v) is 11.8. The molecule has 0 aliphatic carbocycles. The minimum Gasteiger partial charge on any atom is -0.466 e. The lowest BCUT2D eigenvalue weighted by Crippen LogP contribution is -2.45. The zero-order valence-corrected chi connectivity index (χ0v) is 40.4. The molecule has 61 heavy (non-hydrogen) atoms. The van der Waals surface area contributed by atoms with E-state index in [-0.39, 0.29) is 18.5 Å². The number of rotatable bonds is 48. The molecule has 0 aromatic carbocycles. The Morgan fingerprint density at radius 3 is 1.30 bits per heavy atom. The Balaban J connectivity index is 3.56. The first-order chi connectivity index (χ1) is 30.0. The number of aliphatic hydroxyl groups is 2. The maximum atomic E-state index is 12.4. The van der Waals surface area contributed by atoms with Crippen molar-refractivity contribution in [3.8, 4) is 0 Å². The number of ether oxygens (including phenoxy) is 1. The molecule has 0 spiro atoms. The Morgan fingerprint density at radius 2 is 0.820 bits per heavy atom. The second-order valence-corrected chi connectivity index (χ2v) is 17.8. The summed E-state index contributed by atoms with van der Waals surface area (Å²) in [5.41, 5.74) is 0. The Kier molecular flexibility index (Phi) is 48.7. The van der Waals surface area contributed by atoms with Crippen molar-refractivity contribution in [1.29, 1.82) is 0 Å². The first-order valence-electron chi connectivity index (χ1n) is 26.4. The molecule has 0 rings (SSSR count). The molecule has 0 saturated carbocycles. The van der Waals surface area contributed by atoms with E-state index in [1.54, 1.807) is 6.08 Å². The molecule has 3 N–H and O–H groups in total. The molecule has 356 valence electrons. The van der Waals surface area contributed by atoms with Crippen molar-refractivity contribution in [3.05, 3.63) is 48.6 Å². The lowest BCUT2D eigenvalue weighted by atomic mass is 10.0. The van der Waals surface area contributed by atoms with Gasteiger partial charge in [0.1, 0.15) is 0 Å². The normalized spacial score (nSPS) is 13.0. The number of carbonyl (C=O) groups excluding carboxylic acids is 2. The molecule has 0 heterocycles. The summed E-state index contributed by atoms with van der Waals surface area (Å²) in [6, 6.07) is -0.648. The maximum Gasteiger partial charge on any atom is 0.305 e. The Hall–Kier alpha value is -2.18. The van der Waals surface area contributed by atoms with E-state index in [1.165, 1.54) is 135 Å². The van der Waals surface area contributed by atoms with Crippen LogP contribution in [-0.4, -0.2) is 47.4 Å². The van der Waals surface area contributed by atoms with Crippen molar-refractivity contribution < 1.29 is 24.5 Å². The summed E-state index contributed by atoms with van der Waals surface area (Å²) < 4.78 is 5.44. The lowest BCUT2D eigenvalue weighted by Gasteiger charge is -2.20. The largest absolute Gasteiger partial charge is 0.466 e. The molecule has 2 unspecified atom stereocenters. The fourth-order valence-corrected chi connectivity index (χ4v) is 7.71. The summed E-state index contributed by atoms with van der Waals surface area (Å²) in [5, 5.41) is 23.1. The number of nitrogens with one attached hydrogen (secondary N) is 1. The van der Waals surface area contributed by atoms with Crippen molar-refractivity contribution in [2.45, 2.75) is 276 Å². The van der Waals surface area contributed by atoms with Gasteiger partial charge in [0.05, 0.1) is 25.4 Å². The van der Waals surface area contributed by atoms with E-state index in [0.717, 1.165) is 103 Å². The first-order valence-corrected chi connectivity index (χ1v) is 26.4. The summed E-state index contributed by atoms with van der Waals surface area (Å²) in [7, 11) is 0. The molecule has 0 fully saturated rings. The molecule has 0 saturated heterocycles. The predicted octanol–water partition coefficient (Wildman–Crippen LogP) is 15.8. The molecule has 6 nitrogen and oxygen atoms in total. The highest BCUT2D eigenvalue weighted by Gasteiger charge is 2.18. The van der Waals surface area contributed by atoms with Gasteiger partial charge < -0.3 is 20.3 Å². The van der Waals surface area contributed by atoms with Gasteiger partial charge in [0.15, 0.2) is 0 Å². The van der Waals surface area contributed by atoms with Gasteiger partial charge in [-0.05, 0) is 96.3 Å². The van der Waals surface area contributed by atoms with Gasteiger partial charge in [-0.1, -0.05) is 204 Å². The highest BCUT2D eigenvalue weighted by molar-refractivity contribution is 5.76. The van der Waals surface area contributed by atoms with Crippen molar-refractivity contribution in [1.82, 2.24) is 5.32 Å². The fraction of sp³-hybridized carbons (Fsp3) is 0.818. The van der Waals surface area contributed by atoms with Crippen LogP contribution in [0.15, 0.2) is 48.6 Å². The quantitative estimate of drug-likeness (QED) is 0.0322. The van der Waals surface area contributed by atoms with E-state index in [1.807, 2.05) is 6.08 Å². The van der Waals surface area contributed by atoms with Crippen molar-refractivity contribution in [2.24, 2.45) is 0 Å². The van der Waals surface area contributed by atoms with Crippen LogP contribution in [0.25, 0.3) is 0 Å². The average molecular weight is 856 g/mol. The highest BCUT2D eigenvalue weighted by atomic mass is 16.5. The van der Waals surface area contributed by atoms with Gasteiger partial charge in [-0.3, -0.25) is 9.59 Å². The maximum absolute atomic E-state index is 12.4. The van der Waals surface area contributed by atoms with Crippen LogP contribution in [-0.2, 0) is 14.3 Å². The number of aliphatic hydroxyl groups excluding tert-OH is 2. The lowest BCUT2D eigenvalue weighted by molar-refractivity contribution is -0.143. The molecule has 2 atom stereocenters. The number of unbranched alkanes of at least 4 members (excludes halogenated alkanes) is 31. The van der Waals surface area contributed by atoms with Crippen LogP contribution >= 0.6 is 0 Å². The van der Waals surface area contributed by atoms with Crippen molar-refractivity contribution >= 4 is 11.9 Å². The van der Waals surface area contributed by atoms with E-state index in [4.69, 9.17) is 4.74 Å². The zero-order valence-electron chi connectivity index (χ0n) is 40.4. The Bertz CT molecular complexity index is 1040. The Morgan fingerprint density at radius 1 is 0.459 bits per heavy atom. The van der Waals surface area contributed by atoms with E-state index < -0.39 is 12.1 Å². The van der Waals surface area contributed by atoms with Crippen LogP contribution in [0, 0.1) is 0 Å². The fourth-order valence-electron chi connectivity index (χ4n) is 7.71. The summed E-state index contributed by atoms with van der Waals surface area (Å²) in [4.78, 5) is 24.5. The molecule has 0 aliphatic rings. The van der Waals surface area contributed by atoms with Gasteiger partial charge >= 0.3 is 5.97 Å². The second kappa shape index (κ2) is 50.5. The number of hydrogen-bond donors (Lipinski definition) is 3.